The molecule has 0 heterocycles. The molecule has 8 heteroatoms. The molecule has 2 aromatic carbocycles. The van der Waals surface area contributed by atoms with E-state index in [9.17, 15) is 21.4 Å². The molecule has 0 amide bonds. The minimum Gasteiger partial charge on any atom is -0.282 e. The molecule has 1 N–H and O–H groups in total. The van der Waals surface area contributed by atoms with Crippen LogP contribution in [0, 0.1) is 0 Å². The van der Waals surface area contributed by atoms with E-state index in [0.717, 1.165) is 25.3 Å². The Hall–Kier alpha value is -1.74. The highest BCUT2D eigenvalue weighted by Crippen LogP contribution is 2.33. The first-order valence-corrected chi connectivity index (χ1v) is 14.2. The maximum atomic E-state index is 13.0. The Morgan fingerprint density at radius 1 is 0.719 bits per heavy atom. The van der Waals surface area contributed by atoms with E-state index < -0.39 is 30.0 Å². The Morgan fingerprint density at radius 3 is 1.84 bits per heavy atom. The molecule has 0 atom stereocenters. The number of unbranched alkanes of at least 4 members (excludes halogenated alkanes) is 9. The van der Waals surface area contributed by atoms with E-state index in [0.29, 0.717) is 12.0 Å². The van der Waals surface area contributed by atoms with Gasteiger partial charge in [0.05, 0.1) is 6.61 Å². The van der Waals surface area contributed by atoms with Crippen LogP contribution >= 0.6 is 0 Å². The second-order valence-corrected chi connectivity index (χ2v) is 10.9. The fourth-order valence-electron chi connectivity index (χ4n) is 3.64. The van der Waals surface area contributed by atoms with Crippen LogP contribution < -0.4 is 0 Å². The molecular weight excluding hydrogens is 448 g/mol. The highest BCUT2D eigenvalue weighted by atomic mass is 32.2. The monoisotopic (exact) mass is 482 g/mol. The molecule has 0 bridgehead atoms. The molecule has 2 rings (SSSR count). The zero-order valence-electron chi connectivity index (χ0n) is 18.7. The first kappa shape index (κ1) is 26.5. The van der Waals surface area contributed by atoms with Gasteiger partial charge < -0.3 is 0 Å². The number of hydrogen-bond acceptors (Lipinski definition) is 5. The van der Waals surface area contributed by atoms with Crippen LogP contribution in [0.3, 0.4) is 0 Å². The van der Waals surface area contributed by atoms with Crippen LogP contribution in [0.15, 0.2) is 58.3 Å². The smallest absolute Gasteiger partial charge is 0.282 e. The van der Waals surface area contributed by atoms with Gasteiger partial charge in [-0.1, -0.05) is 107 Å². The summed E-state index contributed by atoms with van der Waals surface area (Å²) in [6.45, 7) is 2.17. The van der Waals surface area contributed by atoms with Crippen molar-refractivity contribution in [2.75, 3.05) is 6.61 Å². The summed E-state index contributed by atoms with van der Waals surface area (Å²) < 4.78 is 64.5. The number of benzene rings is 2. The van der Waals surface area contributed by atoms with Gasteiger partial charge in [0.25, 0.3) is 20.2 Å². The van der Waals surface area contributed by atoms with Crippen LogP contribution in [-0.2, 0) is 24.4 Å². The normalized spacial score (nSPS) is 12.2. The van der Waals surface area contributed by atoms with E-state index in [1.807, 2.05) is 0 Å². The summed E-state index contributed by atoms with van der Waals surface area (Å²) in [7, 11) is -9.16. The van der Waals surface area contributed by atoms with Gasteiger partial charge in [-0.3, -0.25) is 8.74 Å². The molecule has 0 saturated heterocycles. The van der Waals surface area contributed by atoms with Gasteiger partial charge in [0, 0.05) is 5.56 Å². The maximum absolute atomic E-state index is 13.0. The Bertz CT molecular complexity index is 1030. The van der Waals surface area contributed by atoms with Gasteiger partial charge in [0.15, 0.2) is 0 Å². The molecule has 178 valence electrons. The molecule has 0 aliphatic carbocycles. The topological polar surface area (TPSA) is 97.7 Å². The molecule has 0 aromatic heterocycles. The first-order valence-electron chi connectivity index (χ1n) is 11.3. The summed E-state index contributed by atoms with van der Waals surface area (Å²) in [6.07, 6.45) is 11.0. The van der Waals surface area contributed by atoms with Crippen LogP contribution in [0.25, 0.3) is 11.1 Å². The molecule has 2 aromatic rings. The second-order valence-electron chi connectivity index (χ2n) is 7.93. The van der Waals surface area contributed by atoms with Crippen molar-refractivity contribution in [1.29, 1.82) is 0 Å². The van der Waals surface area contributed by atoms with Gasteiger partial charge in [-0.15, -0.1) is 0 Å². The lowest BCUT2D eigenvalue weighted by atomic mass is 10.1. The van der Waals surface area contributed by atoms with E-state index in [1.165, 1.54) is 50.7 Å². The van der Waals surface area contributed by atoms with E-state index >= 15 is 0 Å². The summed E-state index contributed by atoms with van der Waals surface area (Å²) in [5.41, 5.74) is 0.683. The molecule has 0 radical (unpaired) electrons. The highest BCUT2D eigenvalue weighted by molar-refractivity contribution is 7.89. The summed E-state index contributed by atoms with van der Waals surface area (Å²) in [5, 5.41) is 0. The predicted molar refractivity (Wildman–Crippen MR) is 127 cm³/mol. The van der Waals surface area contributed by atoms with Crippen molar-refractivity contribution in [3.8, 4) is 11.1 Å². The predicted octanol–water partition coefficient (Wildman–Crippen LogP) is 6.23. The second kappa shape index (κ2) is 13.1. The lowest BCUT2D eigenvalue weighted by Crippen LogP contribution is -2.14. The fraction of sp³-hybridized carbons (Fsp3) is 0.500. The number of rotatable bonds is 15. The SMILES string of the molecule is CCCCCCCCCCCCOS(=O)(=O)c1c(-c2ccccc2)cccc1S(=O)(=O)O. The largest absolute Gasteiger partial charge is 0.299 e. The lowest BCUT2D eigenvalue weighted by molar-refractivity contribution is 0.305. The summed E-state index contributed by atoms with van der Waals surface area (Å²) in [4.78, 5) is -1.21. The summed E-state index contributed by atoms with van der Waals surface area (Å²) in [5.74, 6) is 0. The Balaban J connectivity index is 2.00. The molecule has 0 unspecified atom stereocenters. The third-order valence-corrected chi connectivity index (χ3v) is 7.77. The van der Waals surface area contributed by atoms with Crippen molar-refractivity contribution in [2.24, 2.45) is 0 Å². The first-order chi connectivity index (χ1) is 15.3. The van der Waals surface area contributed by atoms with Crippen molar-refractivity contribution in [1.82, 2.24) is 0 Å². The molecule has 0 aliphatic rings. The molecule has 0 saturated carbocycles. The van der Waals surface area contributed by atoms with Gasteiger partial charge in [0.2, 0.25) is 0 Å². The van der Waals surface area contributed by atoms with Crippen molar-refractivity contribution in [3.05, 3.63) is 48.5 Å². The van der Waals surface area contributed by atoms with Gasteiger partial charge in [-0.05, 0) is 18.1 Å². The molecule has 0 spiro atoms. The van der Waals surface area contributed by atoms with Crippen LogP contribution in [0.2, 0.25) is 0 Å². The van der Waals surface area contributed by atoms with Crippen LogP contribution in [-0.4, -0.2) is 28.0 Å². The standard InChI is InChI=1S/C24H34O6S2/c1-2-3-4-5-6-7-8-9-10-14-20-30-32(28,29)24-22(21-16-12-11-13-17-21)18-15-19-23(24)31(25,26)27/h11-13,15-19H,2-10,14,20H2,1H3,(H,25,26,27). The average Bonchev–Trinajstić information content (AvgIpc) is 2.77. The van der Waals surface area contributed by atoms with E-state index in [-0.39, 0.29) is 12.2 Å². The summed E-state index contributed by atoms with van der Waals surface area (Å²) >= 11 is 0. The molecule has 0 aliphatic heterocycles. The van der Waals surface area contributed by atoms with E-state index in [1.54, 1.807) is 30.3 Å². The van der Waals surface area contributed by atoms with Gasteiger partial charge in [-0.2, -0.15) is 16.8 Å². The van der Waals surface area contributed by atoms with Crippen LogP contribution in [0.5, 0.6) is 0 Å². The zero-order valence-corrected chi connectivity index (χ0v) is 20.3. The third-order valence-electron chi connectivity index (χ3n) is 5.33. The van der Waals surface area contributed by atoms with E-state index in [4.69, 9.17) is 4.18 Å². The van der Waals surface area contributed by atoms with E-state index in [2.05, 4.69) is 6.92 Å². The highest BCUT2D eigenvalue weighted by Gasteiger charge is 2.29. The van der Waals surface area contributed by atoms with Crippen molar-refractivity contribution in [2.45, 2.75) is 80.9 Å². The Kier molecular flexibility index (Phi) is 10.8. The Morgan fingerprint density at radius 2 is 1.28 bits per heavy atom. The summed E-state index contributed by atoms with van der Waals surface area (Å²) in [6, 6.07) is 12.5. The quantitative estimate of drug-likeness (QED) is 0.184. The molecule has 6 nitrogen and oxygen atoms in total. The molecular formula is C24H34O6S2. The van der Waals surface area contributed by atoms with Crippen LogP contribution in [0.4, 0.5) is 0 Å². The minimum absolute atomic E-state index is 0.0348. The van der Waals surface area contributed by atoms with Crippen molar-refractivity contribution >= 4 is 20.2 Å². The number of hydrogen-bond donors (Lipinski definition) is 1. The molecule has 0 fully saturated rings. The van der Waals surface area contributed by atoms with Gasteiger partial charge in [-0.25, -0.2) is 0 Å². The van der Waals surface area contributed by atoms with Crippen LogP contribution in [0.1, 0.15) is 71.1 Å². The lowest BCUT2D eigenvalue weighted by Gasteiger charge is -2.14. The zero-order chi connectivity index (χ0) is 23.5. The van der Waals surface area contributed by atoms with Gasteiger partial charge >= 0.3 is 0 Å². The molecule has 32 heavy (non-hydrogen) atoms. The van der Waals surface area contributed by atoms with Gasteiger partial charge in [0.1, 0.15) is 9.79 Å². The van der Waals surface area contributed by atoms with Crippen molar-refractivity contribution < 1.29 is 25.6 Å². The Labute approximate surface area is 192 Å². The fourth-order valence-corrected chi connectivity index (χ4v) is 6.08. The maximum Gasteiger partial charge on any atom is 0.299 e. The average molecular weight is 483 g/mol. The third kappa shape index (κ3) is 8.31. The van der Waals surface area contributed by atoms with Crippen molar-refractivity contribution in [3.63, 3.8) is 0 Å². The minimum atomic E-state index is -4.76.